The molecule has 0 saturated carbocycles. The van der Waals surface area contributed by atoms with Crippen LogP contribution in [0.15, 0.2) is 0 Å². The zero-order valence-electron chi connectivity index (χ0n) is 9.38. The highest BCUT2D eigenvalue weighted by atomic mass is 19.4. The molecule has 0 aliphatic heterocycles. The summed E-state index contributed by atoms with van der Waals surface area (Å²) in [6.45, 7) is -0.241. The van der Waals surface area contributed by atoms with Crippen molar-refractivity contribution in [3.8, 4) is 0 Å². The Bertz CT molecular complexity index is 269. The molecule has 0 aromatic rings. The average Bonchev–Trinajstić information content (AvgIpc) is 2.11. The van der Waals surface area contributed by atoms with E-state index >= 15 is 0 Å². The lowest BCUT2D eigenvalue weighted by Crippen LogP contribution is -2.40. The minimum absolute atomic E-state index is 0.156. The number of halogens is 3. The van der Waals surface area contributed by atoms with Crippen molar-refractivity contribution >= 4 is 11.9 Å². The van der Waals surface area contributed by atoms with Crippen LogP contribution in [-0.2, 0) is 9.59 Å². The Morgan fingerprint density at radius 1 is 1.35 bits per heavy atom. The van der Waals surface area contributed by atoms with Crippen molar-refractivity contribution < 1.29 is 27.9 Å². The minimum Gasteiger partial charge on any atom is -0.480 e. The van der Waals surface area contributed by atoms with Crippen LogP contribution in [0, 0.1) is 0 Å². The molecule has 0 saturated heterocycles. The number of hydrogen-bond acceptors (Lipinski definition) is 3. The van der Waals surface area contributed by atoms with E-state index in [0.717, 1.165) is 0 Å². The lowest BCUT2D eigenvalue weighted by atomic mass is 10.3. The fourth-order valence-electron chi connectivity index (χ4n) is 1.20. The predicted molar refractivity (Wildman–Crippen MR) is 53.4 cm³/mol. The summed E-state index contributed by atoms with van der Waals surface area (Å²) in [6.07, 6.45) is -4.63. The van der Waals surface area contributed by atoms with Crippen molar-refractivity contribution in [2.75, 3.05) is 26.2 Å². The molecule has 0 spiro atoms. The summed E-state index contributed by atoms with van der Waals surface area (Å²) in [7, 11) is 0. The molecule has 5 nitrogen and oxygen atoms in total. The molecule has 0 aliphatic rings. The first-order valence-electron chi connectivity index (χ1n) is 5.02. The maximum absolute atomic E-state index is 12.1. The number of carboxylic acids is 1. The van der Waals surface area contributed by atoms with Gasteiger partial charge in [-0.15, -0.1) is 0 Å². The number of carbonyl (C=O) groups excluding carboxylic acids is 1. The van der Waals surface area contributed by atoms with Crippen LogP contribution < -0.4 is 5.32 Å². The number of nitrogens with one attached hydrogen (secondary N) is 1. The normalized spacial score (nSPS) is 11.6. The molecule has 0 rings (SSSR count). The lowest BCUT2D eigenvalue weighted by Gasteiger charge is -2.21. The SMILES string of the molecule is CCNC(=O)CCN(CC(=O)O)CC(F)(F)F. The van der Waals surface area contributed by atoms with Crippen molar-refractivity contribution in [1.82, 2.24) is 10.2 Å². The second-order valence-corrected chi connectivity index (χ2v) is 3.42. The van der Waals surface area contributed by atoms with E-state index in [1.807, 2.05) is 0 Å². The number of carboxylic acid groups (broad SMARTS) is 1. The number of amides is 1. The van der Waals surface area contributed by atoms with Crippen LogP contribution in [0.1, 0.15) is 13.3 Å². The van der Waals surface area contributed by atoms with E-state index in [-0.39, 0.29) is 13.0 Å². The average molecular weight is 256 g/mol. The molecule has 1 amide bonds. The number of hydrogen-bond donors (Lipinski definition) is 2. The summed E-state index contributed by atoms with van der Waals surface area (Å²) in [5, 5.41) is 10.9. The van der Waals surface area contributed by atoms with Crippen molar-refractivity contribution in [2.24, 2.45) is 0 Å². The summed E-state index contributed by atoms with van der Waals surface area (Å²) in [6, 6.07) is 0. The Labute approximate surface area is 96.6 Å². The second-order valence-electron chi connectivity index (χ2n) is 3.42. The molecule has 100 valence electrons. The molecule has 2 N–H and O–H groups in total. The van der Waals surface area contributed by atoms with Gasteiger partial charge in [-0.3, -0.25) is 14.5 Å². The van der Waals surface area contributed by atoms with E-state index in [0.29, 0.717) is 11.4 Å². The molecule has 8 heteroatoms. The van der Waals surface area contributed by atoms with Crippen molar-refractivity contribution in [1.29, 1.82) is 0 Å². The van der Waals surface area contributed by atoms with E-state index in [1.165, 1.54) is 0 Å². The molecule has 0 radical (unpaired) electrons. The van der Waals surface area contributed by atoms with Gasteiger partial charge in [-0.25, -0.2) is 0 Å². The molecule has 0 fully saturated rings. The number of rotatable bonds is 7. The summed E-state index contributed by atoms with van der Waals surface area (Å²) in [5.74, 6) is -1.75. The number of alkyl halides is 3. The third kappa shape index (κ3) is 9.61. The highest BCUT2D eigenvalue weighted by Crippen LogP contribution is 2.16. The Morgan fingerprint density at radius 3 is 2.35 bits per heavy atom. The van der Waals surface area contributed by atoms with E-state index in [4.69, 9.17) is 5.11 Å². The standard InChI is InChI=1S/C9H15F3N2O3/c1-2-13-7(15)3-4-14(5-8(16)17)6-9(10,11)12/h2-6H2,1H3,(H,13,15)(H,16,17). The predicted octanol–water partition coefficient (Wildman–Crippen LogP) is 0.461. The Kier molecular flexibility index (Phi) is 6.55. The summed E-state index contributed by atoms with van der Waals surface area (Å²) in [4.78, 5) is 22.1. The Hall–Kier alpha value is -1.31. The van der Waals surface area contributed by atoms with Crippen LogP contribution in [0.2, 0.25) is 0 Å². The molecule has 17 heavy (non-hydrogen) atoms. The largest absolute Gasteiger partial charge is 0.480 e. The molecule has 0 unspecified atom stereocenters. The van der Waals surface area contributed by atoms with Crippen LogP contribution in [0.4, 0.5) is 13.2 Å². The van der Waals surface area contributed by atoms with Crippen LogP contribution in [0.5, 0.6) is 0 Å². The van der Waals surface area contributed by atoms with Gasteiger partial charge in [0, 0.05) is 19.5 Å². The van der Waals surface area contributed by atoms with Gasteiger partial charge in [0.2, 0.25) is 5.91 Å². The third-order valence-corrected chi connectivity index (χ3v) is 1.79. The smallest absolute Gasteiger partial charge is 0.401 e. The number of nitrogens with zero attached hydrogens (tertiary/aromatic N) is 1. The Morgan fingerprint density at radius 2 is 1.94 bits per heavy atom. The maximum atomic E-state index is 12.1. The van der Waals surface area contributed by atoms with Gasteiger partial charge in [0.05, 0.1) is 13.1 Å². The molecule has 0 aromatic carbocycles. The van der Waals surface area contributed by atoms with Gasteiger partial charge in [0.15, 0.2) is 0 Å². The molecule has 0 bridgehead atoms. The number of carbonyl (C=O) groups is 2. The lowest BCUT2D eigenvalue weighted by molar-refractivity contribution is -0.154. The van der Waals surface area contributed by atoms with Crippen molar-refractivity contribution in [3.05, 3.63) is 0 Å². The number of aliphatic carboxylic acids is 1. The van der Waals surface area contributed by atoms with Gasteiger partial charge in [-0.2, -0.15) is 13.2 Å². The monoisotopic (exact) mass is 256 g/mol. The summed E-state index contributed by atoms with van der Waals surface area (Å²) in [5.41, 5.74) is 0. The quantitative estimate of drug-likeness (QED) is 0.694. The second kappa shape index (κ2) is 7.10. The van der Waals surface area contributed by atoms with Gasteiger partial charge in [-0.05, 0) is 6.92 Å². The molecule has 0 aliphatic carbocycles. The molecular weight excluding hydrogens is 241 g/mol. The molecular formula is C9H15F3N2O3. The summed E-state index contributed by atoms with van der Waals surface area (Å²) >= 11 is 0. The molecule has 0 heterocycles. The van der Waals surface area contributed by atoms with E-state index in [1.54, 1.807) is 6.92 Å². The summed E-state index contributed by atoms with van der Waals surface area (Å²) < 4.78 is 36.3. The Balaban J connectivity index is 4.19. The van der Waals surface area contributed by atoms with Gasteiger partial charge < -0.3 is 10.4 Å². The molecule has 0 aromatic heterocycles. The highest BCUT2D eigenvalue weighted by Gasteiger charge is 2.31. The van der Waals surface area contributed by atoms with Gasteiger partial charge in [0.1, 0.15) is 0 Å². The van der Waals surface area contributed by atoms with Crippen LogP contribution in [0.25, 0.3) is 0 Å². The first kappa shape index (κ1) is 15.7. The zero-order chi connectivity index (χ0) is 13.5. The van der Waals surface area contributed by atoms with Gasteiger partial charge in [0.25, 0.3) is 0 Å². The minimum atomic E-state index is -4.48. The van der Waals surface area contributed by atoms with Gasteiger partial charge >= 0.3 is 12.1 Å². The first-order valence-corrected chi connectivity index (χ1v) is 5.02. The zero-order valence-corrected chi connectivity index (χ0v) is 9.38. The van der Waals surface area contributed by atoms with Crippen LogP contribution >= 0.6 is 0 Å². The van der Waals surface area contributed by atoms with Crippen molar-refractivity contribution in [3.63, 3.8) is 0 Å². The van der Waals surface area contributed by atoms with E-state index in [9.17, 15) is 22.8 Å². The van der Waals surface area contributed by atoms with E-state index < -0.39 is 31.1 Å². The van der Waals surface area contributed by atoms with Gasteiger partial charge in [-0.1, -0.05) is 0 Å². The third-order valence-electron chi connectivity index (χ3n) is 1.79. The maximum Gasteiger partial charge on any atom is 0.401 e. The fraction of sp³-hybridized carbons (Fsp3) is 0.778. The van der Waals surface area contributed by atoms with Crippen LogP contribution in [0.3, 0.4) is 0 Å². The fourth-order valence-corrected chi connectivity index (χ4v) is 1.20. The first-order chi connectivity index (χ1) is 7.74. The highest BCUT2D eigenvalue weighted by molar-refractivity contribution is 5.76. The van der Waals surface area contributed by atoms with Crippen molar-refractivity contribution in [2.45, 2.75) is 19.5 Å². The topological polar surface area (TPSA) is 69.6 Å². The van der Waals surface area contributed by atoms with E-state index in [2.05, 4.69) is 5.32 Å². The van der Waals surface area contributed by atoms with Crippen LogP contribution in [-0.4, -0.2) is 54.2 Å². The molecule has 0 atom stereocenters.